The van der Waals surface area contributed by atoms with Gasteiger partial charge in [0.15, 0.2) is 0 Å². The minimum absolute atomic E-state index is 0.0398. The predicted molar refractivity (Wildman–Crippen MR) is 90.1 cm³/mol. The highest BCUT2D eigenvalue weighted by Crippen LogP contribution is 2.26. The zero-order chi connectivity index (χ0) is 17.9. The van der Waals surface area contributed by atoms with Crippen LogP contribution in [0, 0.1) is 6.92 Å². The van der Waals surface area contributed by atoms with Crippen LogP contribution in [0.1, 0.15) is 15.9 Å². The van der Waals surface area contributed by atoms with Gasteiger partial charge in [0.25, 0.3) is 5.91 Å². The number of hydrogen-bond donors (Lipinski definition) is 2. The number of nitrogens with one attached hydrogen (secondary N) is 1. The maximum atomic E-state index is 12.4. The highest BCUT2D eigenvalue weighted by molar-refractivity contribution is 7.89. The molecule has 128 valence electrons. The third kappa shape index (κ3) is 3.84. The lowest BCUT2D eigenvalue weighted by atomic mass is 10.1. The van der Waals surface area contributed by atoms with Gasteiger partial charge in [0.2, 0.25) is 10.0 Å². The molecule has 0 atom stereocenters. The number of amides is 1. The Balaban J connectivity index is 2.34. The second-order valence-electron chi connectivity index (χ2n) is 5.05. The minimum atomic E-state index is -3.87. The van der Waals surface area contributed by atoms with Crippen molar-refractivity contribution in [1.82, 2.24) is 0 Å². The Bertz CT molecular complexity index is 878. The lowest BCUT2D eigenvalue weighted by Gasteiger charge is -2.12. The minimum Gasteiger partial charge on any atom is -0.497 e. The molecule has 0 aromatic heterocycles. The molecule has 0 radical (unpaired) electrons. The van der Waals surface area contributed by atoms with Crippen LogP contribution in [0.25, 0.3) is 0 Å². The van der Waals surface area contributed by atoms with Gasteiger partial charge < -0.3 is 14.8 Å². The summed E-state index contributed by atoms with van der Waals surface area (Å²) in [6.07, 6.45) is 0. The zero-order valence-electron chi connectivity index (χ0n) is 13.5. The summed E-state index contributed by atoms with van der Waals surface area (Å²) in [5.74, 6) is 0.444. The molecule has 0 aliphatic carbocycles. The van der Waals surface area contributed by atoms with Gasteiger partial charge in [-0.25, -0.2) is 13.6 Å². The van der Waals surface area contributed by atoms with Crippen LogP contribution in [0.4, 0.5) is 5.69 Å². The molecular formula is C16H18N2O5S. The van der Waals surface area contributed by atoms with Crippen molar-refractivity contribution >= 4 is 21.6 Å². The van der Waals surface area contributed by atoms with E-state index >= 15 is 0 Å². The number of rotatable bonds is 5. The summed E-state index contributed by atoms with van der Waals surface area (Å²) in [5, 5.41) is 7.80. The highest BCUT2D eigenvalue weighted by Gasteiger charge is 2.16. The molecule has 0 aliphatic rings. The Morgan fingerprint density at radius 2 is 1.79 bits per heavy atom. The Hall–Kier alpha value is -2.58. The molecule has 0 saturated heterocycles. The number of primary sulfonamides is 1. The molecule has 3 N–H and O–H groups in total. The summed E-state index contributed by atoms with van der Waals surface area (Å²) in [6.45, 7) is 1.62. The fourth-order valence-electron chi connectivity index (χ4n) is 2.17. The summed E-state index contributed by atoms with van der Waals surface area (Å²) >= 11 is 0. The van der Waals surface area contributed by atoms with Crippen molar-refractivity contribution in [3.05, 3.63) is 47.5 Å². The van der Waals surface area contributed by atoms with Gasteiger partial charge in [-0.2, -0.15) is 0 Å². The van der Waals surface area contributed by atoms with Gasteiger partial charge in [-0.3, -0.25) is 4.79 Å². The van der Waals surface area contributed by atoms with E-state index in [0.717, 1.165) is 0 Å². The molecule has 24 heavy (non-hydrogen) atoms. The summed E-state index contributed by atoms with van der Waals surface area (Å²) < 4.78 is 33.4. The first-order valence-electron chi connectivity index (χ1n) is 6.93. The lowest BCUT2D eigenvalue weighted by Crippen LogP contribution is -2.16. The number of aryl methyl sites for hydroxylation is 1. The standard InChI is InChI=1S/C16H18N2O5S/c1-10-4-5-11(8-15(10)24(17,20)21)18-16(19)13-7-6-12(22-2)9-14(13)23-3/h4-9H,1-3H3,(H,18,19)(H2,17,20,21). The summed E-state index contributed by atoms with van der Waals surface area (Å²) in [5.41, 5.74) is 1.10. The number of nitrogens with two attached hydrogens (primary N) is 1. The monoisotopic (exact) mass is 350 g/mol. The molecule has 0 heterocycles. The average Bonchev–Trinajstić information content (AvgIpc) is 2.54. The molecule has 2 aromatic carbocycles. The van der Waals surface area contributed by atoms with Crippen molar-refractivity contribution in [2.24, 2.45) is 5.14 Å². The van der Waals surface area contributed by atoms with Gasteiger partial charge in [-0.15, -0.1) is 0 Å². The molecule has 0 aliphatic heterocycles. The molecule has 2 aromatic rings. The van der Waals surface area contributed by atoms with Crippen LogP contribution in [0.3, 0.4) is 0 Å². The number of benzene rings is 2. The van der Waals surface area contributed by atoms with E-state index in [1.807, 2.05) is 0 Å². The number of methoxy groups -OCH3 is 2. The van der Waals surface area contributed by atoms with Gasteiger partial charge in [-0.1, -0.05) is 6.07 Å². The lowest BCUT2D eigenvalue weighted by molar-refractivity contribution is 0.102. The second kappa shape index (κ2) is 6.90. The van der Waals surface area contributed by atoms with E-state index in [-0.39, 0.29) is 10.5 Å². The van der Waals surface area contributed by atoms with Crippen molar-refractivity contribution in [3.8, 4) is 11.5 Å². The van der Waals surface area contributed by atoms with Crippen LogP contribution in [0.5, 0.6) is 11.5 Å². The molecule has 0 spiro atoms. The van der Waals surface area contributed by atoms with E-state index in [9.17, 15) is 13.2 Å². The van der Waals surface area contributed by atoms with Crippen LogP contribution in [-0.4, -0.2) is 28.5 Å². The second-order valence-corrected chi connectivity index (χ2v) is 6.58. The third-order valence-corrected chi connectivity index (χ3v) is 4.46. The van der Waals surface area contributed by atoms with Gasteiger partial charge >= 0.3 is 0 Å². The highest BCUT2D eigenvalue weighted by atomic mass is 32.2. The van der Waals surface area contributed by atoms with E-state index in [1.165, 1.54) is 20.3 Å². The summed E-state index contributed by atoms with van der Waals surface area (Å²) in [4.78, 5) is 12.4. The van der Waals surface area contributed by atoms with E-state index in [1.54, 1.807) is 37.3 Å². The number of carbonyl (C=O) groups excluding carboxylic acids is 1. The first-order valence-corrected chi connectivity index (χ1v) is 8.47. The van der Waals surface area contributed by atoms with Crippen molar-refractivity contribution in [2.45, 2.75) is 11.8 Å². The Kier molecular flexibility index (Phi) is 5.10. The molecular weight excluding hydrogens is 332 g/mol. The summed E-state index contributed by atoms with van der Waals surface area (Å²) in [7, 11) is -0.920. The molecule has 0 bridgehead atoms. The van der Waals surface area contributed by atoms with Crippen molar-refractivity contribution in [2.75, 3.05) is 19.5 Å². The Morgan fingerprint density at radius 1 is 1.08 bits per heavy atom. The van der Waals surface area contributed by atoms with E-state index in [0.29, 0.717) is 22.7 Å². The molecule has 1 amide bonds. The van der Waals surface area contributed by atoms with Crippen molar-refractivity contribution < 1.29 is 22.7 Å². The molecule has 0 fully saturated rings. The largest absolute Gasteiger partial charge is 0.497 e. The predicted octanol–water partition coefficient (Wildman–Crippen LogP) is 1.91. The van der Waals surface area contributed by atoms with Crippen LogP contribution in [0.2, 0.25) is 0 Å². The van der Waals surface area contributed by atoms with Gasteiger partial charge in [0.1, 0.15) is 11.5 Å². The fourth-order valence-corrected chi connectivity index (χ4v) is 2.98. The van der Waals surface area contributed by atoms with Gasteiger partial charge in [0.05, 0.1) is 24.7 Å². The van der Waals surface area contributed by atoms with Crippen molar-refractivity contribution in [1.29, 1.82) is 0 Å². The maximum absolute atomic E-state index is 12.4. The van der Waals surface area contributed by atoms with Crippen LogP contribution in [0.15, 0.2) is 41.3 Å². The fraction of sp³-hybridized carbons (Fsp3) is 0.188. The van der Waals surface area contributed by atoms with E-state index in [2.05, 4.69) is 5.32 Å². The molecule has 2 rings (SSSR count). The Morgan fingerprint density at radius 3 is 2.38 bits per heavy atom. The molecule has 8 heteroatoms. The SMILES string of the molecule is COc1ccc(C(=O)Nc2ccc(C)c(S(N)(=O)=O)c2)c(OC)c1. The van der Waals surface area contributed by atoms with Crippen LogP contribution < -0.4 is 19.9 Å². The number of hydrogen-bond acceptors (Lipinski definition) is 5. The van der Waals surface area contributed by atoms with Gasteiger partial charge in [0, 0.05) is 11.8 Å². The van der Waals surface area contributed by atoms with Crippen LogP contribution >= 0.6 is 0 Å². The molecule has 0 unspecified atom stereocenters. The number of anilines is 1. The first kappa shape index (κ1) is 17.8. The number of carbonyl (C=O) groups is 1. The summed E-state index contributed by atoms with van der Waals surface area (Å²) in [6, 6.07) is 9.25. The quantitative estimate of drug-likeness (QED) is 0.856. The molecule has 7 nitrogen and oxygen atoms in total. The topological polar surface area (TPSA) is 108 Å². The number of sulfonamides is 1. The normalized spacial score (nSPS) is 11.0. The smallest absolute Gasteiger partial charge is 0.259 e. The van der Waals surface area contributed by atoms with E-state index < -0.39 is 15.9 Å². The zero-order valence-corrected chi connectivity index (χ0v) is 14.3. The average molecular weight is 350 g/mol. The first-order chi connectivity index (χ1) is 11.3. The Labute approximate surface area is 140 Å². The van der Waals surface area contributed by atoms with E-state index in [4.69, 9.17) is 14.6 Å². The number of ether oxygens (including phenoxy) is 2. The molecule has 0 saturated carbocycles. The maximum Gasteiger partial charge on any atom is 0.259 e. The van der Waals surface area contributed by atoms with Crippen LogP contribution in [-0.2, 0) is 10.0 Å². The van der Waals surface area contributed by atoms with Gasteiger partial charge in [-0.05, 0) is 36.8 Å². The van der Waals surface area contributed by atoms with Crippen molar-refractivity contribution in [3.63, 3.8) is 0 Å². The third-order valence-electron chi connectivity index (χ3n) is 3.41.